The molecule has 1 N–H and O–H groups in total. The van der Waals surface area contributed by atoms with Crippen LogP contribution in [-0.2, 0) is 6.42 Å². The lowest BCUT2D eigenvalue weighted by molar-refractivity contribution is 0.549. The van der Waals surface area contributed by atoms with E-state index < -0.39 is 0 Å². The highest BCUT2D eigenvalue weighted by Crippen LogP contribution is 2.29. The van der Waals surface area contributed by atoms with Crippen LogP contribution < -0.4 is 5.32 Å². The number of aromatic nitrogens is 2. The minimum atomic E-state index is 0.284. The Morgan fingerprint density at radius 3 is 2.80 bits per heavy atom. The SMILES string of the molecule is CCNC(Cc1cccc(Br)c1)c1snnc1C(C)C. The van der Waals surface area contributed by atoms with E-state index in [1.165, 1.54) is 22.0 Å². The number of hydrogen-bond donors (Lipinski definition) is 1. The fourth-order valence-corrected chi connectivity index (χ4v) is 3.58. The zero-order valence-electron chi connectivity index (χ0n) is 12.1. The van der Waals surface area contributed by atoms with Gasteiger partial charge in [0.25, 0.3) is 0 Å². The fourth-order valence-electron chi connectivity index (χ4n) is 2.25. The molecule has 0 spiro atoms. The predicted octanol–water partition coefficient (Wildman–Crippen LogP) is 4.32. The summed E-state index contributed by atoms with van der Waals surface area (Å²) in [7, 11) is 0. The topological polar surface area (TPSA) is 37.8 Å². The van der Waals surface area contributed by atoms with E-state index in [0.717, 1.165) is 23.1 Å². The first-order valence-corrected chi connectivity index (χ1v) is 8.48. The zero-order chi connectivity index (χ0) is 14.5. The van der Waals surface area contributed by atoms with Crippen molar-refractivity contribution < 1.29 is 0 Å². The largest absolute Gasteiger partial charge is 0.309 e. The highest BCUT2D eigenvalue weighted by atomic mass is 79.9. The second-order valence-corrected chi connectivity index (χ2v) is 6.82. The van der Waals surface area contributed by atoms with E-state index in [2.05, 4.69) is 75.9 Å². The van der Waals surface area contributed by atoms with Gasteiger partial charge >= 0.3 is 0 Å². The van der Waals surface area contributed by atoms with Gasteiger partial charge < -0.3 is 5.32 Å². The van der Waals surface area contributed by atoms with Gasteiger partial charge in [0.1, 0.15) is 0 Å². The van der Waals surface area contributed by atoms with E-state index in [0.29, 0.717) is 5.92 Å². The molecule has 0 aliphatic heterocycles. The van der Waals surface area contributed by atoms with Gasteiger partial charge in [-0.25, -0.2) is 0 Å². The van der Waals surface area contributed by atoms with Crippen LogP contribution in [0, 0.1) is 0 Å². The van der Waals surface area contributed by atoms with Gasteiger partial charge in [0.2, 0.25) is 0 Å². The second-order valence-electron chi connectivity index (χ2n) is 5.12. The molecule has 0 fully saturated rings. The molecule has 2 rings (SSSR count). The van der Waals surface area contributed by atoms with Gasteiger partial charge in [0.05, 0.1) is 10.6 Å². The number of benzene rings is 1. The molecule has 0 saturated heterocycles. The van der Waals surface area contributed by atoms with Crippen molar-refractivity contribution in [3.63, 3.8) is 0 Å². The smallest absolute Gasteiger partial charge is 0.0829 e. The summed E-state index contributed by atoms with van der Waals surface area (Å²) in [6.45, 7) is 7.41. The van der Waals surface area contributed by atoms with Gasteiger partial charge in [-0.15, -0.1) is 5.10 Å². The quantitative estimate of drug-likeness (QED) is 0.840. The van der Waals surface area contributed by atoms with Gasteiger partial charge in [0, 0.05) is 10.5 Å². The first kappa shape index (κ1) is 15.6. The fraction of sp³-hybridized carbons (Fsp3) is 0.467. The molecule has 0 bridgehead atoms. The number of likely N-dealkylation sites (N-methyl/N-ethyl adjacent to an activating group) is 1. The van der Waals surface area contributed by atoms with Gasteiger partial charge in [-0.2, -0.15) is 0 Å². The molecule has 1 unspecified atom stereocenters. The maximum absolute atomic E-state index is 4.30. The van der Waals surface area contributed by atoms with Crippen molar-refractivity contribution in [2.45, 2.75) is 39.2 Å². The molecular formula is C15H20BrN3S. The van der Waals surface area contributed by atoms with Gasteiger partial charge in [0.15, 0.2) is 0 Å². The van der Waals surface area contributed by atoms with Crippen molar-refractivity contribution in [2.24, 2.45) is 0 Å². The molecule has 1 aromatic heterocycles. The summed E-state index contributed by atoms with van der Waals surface area (Å²) < 4.78 is 5.27. The highest BCUT2D eigenvalue weighted by molar-refractivity contribution is 9.10. The van der Waals surface area contributed by atoms with E-state index in [4.69, 9.17) is 0 Å². The summed E-state index contributed by atoms with van der Waals surface area (Å²) in [5.41, 5.74) is 2.43. The van der Waals surface area contributed by atoms with E-state index >= 15 is 0 Å². The lowest BCUT2D eigenvalue weighted by atomic mass is 10.00. The standard InChI is InChI=1S/C15H20BrN3S/c1-4-17-13(9-11-6-5-7-12(16)8-11)15-14(10(2)3)18-19-20-15/h5-8,10,13,17H,4,9H2,1-3H3. The summed E-state index contributed by atoms with van der Waals surface area (Å²) >= 11 is 5.05. The zero-order valence-corrected chi connectivity index (χ0v) is 14.5. The van der Waals surface area contributed by atoms with E-state index in [9.17, 15) is 0 Å². The highest BCUT2D eigenvalue weighted by Gasteiger charge is 2.20. The summed E-state index contributed by atoms with van der Waals surface area (Å²) in [5.74, 6) is 0.410. The molecular weight excluding hydrogens is 334 g/mol. The van der Waals surface area contributed by atoms with Crippen LogP contribution in [0.25, 0.3) is 0 Å². The van der Waals surface area contributed by atoms with Crippen LogP contribution in [0.3, 0.4) is 0 Å². The average Bonchev–Trinajstić information content (AvgIpc) is 2.87. The van der Waals surface area contributed by atoms with Crippen LogP contribution >= 0.6 is 27.5 Å². The molecule has 108 valence electrons. The molecule has 20 heavy (non-hydrogen) atoms. The van der Waals surface area contributed by atoms with Crippen LogP contribution in [0.2, 0.25) is 0 Å². The lowest BCUT2D eigenvalue weighted by Crippen LogP contribution is -2.23. The summed E-state index contributed by atoms with van der Waals surface area (Å²) in [5, 5.41) is 7.86. The number of hydrogen-bond acceptors (Lipinski definition) is 4. The van der Waals surface area contributed by atoms with Crippen LogP contribution in [0.5, 0.6) is 0 Å². The molecule has 0 aliphatic rings. The van der Waals surface area contributed by atoms with Crippen molar-refractivity contribution in [3.05, 3.63) is 44.9 Å². The molecule has 0 amide bonds. The minimum Gasteiger partial charge on any atom is -0.309 e. The molecule has 1 aromatic carbocycles. The lowest BCUT2D eigenvalue weighted by Gasteiger charge is -2.18. The Labute approximate surface area is 133 Å². The molecule has 3 nitrogen and oxygen atoms in total. The second kappa shape index (κ2) is 7.29. The first-order chi connectivity index (χ1) is 9.61. The predicted molar refractivity (Wildman–Crippen MR) is 88.3 cm³/mol. The summed E-state index contributed by atoms with van der Waals surface area (Å²) in [6, 6.07) is 8.76. The summed E-state index contributed by atoms with van der Waals surface area (Å²) in [6.07, 6.45) is 0.955. The molecule has 1 heterocycles. The van der Waals surface area contributed by atoms with Gasteiger partial charge in [-0.3, -0.25) is 0 Å². The maximum atomic E-state index is 4.30. The van der Waals surface area contributed by atoms with Crippen molar-refractivity contribution in [1.82, 2.24) is 14.9 Å². The number of rotatable bonds is 6. The Bertz CT molecular complexity index is 554. The molecule has 0 saturated carbocycles. The first-order valence-electron chi connectivity index (χ1n) is 6.91. The van der Waals surface area contributed by atoms with Crippen LogP contribution in [-0.4, -0.2) is 16.1 Å². The molecule has 5 heteroatoms. The third kappa shape index (κ3) is 3.87. The average molecular weight is 354 g/mol. The normalized spacial score (nSPS) is 12.8. The molecule has 2 aromatic rings. The third-order valence-corrected chi connectivity index (χ3v) is 4.53. The Balaban J connectivity index is 2.24. The van der Waals surface area contributed by atoms with Crippen molar-refractivity contribution in [1.29, 1.82) is 0 Å². The summed E-state index contributed by atoms with van der Waals surface area (Å²) in [4.78, 5) is 1.27. The van der Waals surface area contributed by atoms with Crippen LogP contribution in [0.1, 0.15) is 48.9 Å². The van der Waals surface area contributed by atoms with Crippen LogP contribution in [0.4, 0.5) is 0 Å². The van der Waals surface area contributed by atoms with Gasteiger partial charge in [-0.05, 0) is 48.1 Å². The minimum absolute atomic E-state index is 0.284. The monoisotopic (exact) mass is 353 g/mol. The number of nitrogens with one attached hydrogen (secondary N) is 1. The number of nitrogens with zero attached hydrogens (tertiary/aromatic N) is 2. The Morgan fingerprint density at radius 1 is 1.35 bits per heavy atom. The Kier molecular flexibility index (Phi) is 5.69. The molecule has 0 aliphatic carbocycles. The Morgan fingerprint density at radius 2 is 2.15 bits per heavy atom. The molecule has 0 radical (unpaired) electrons. The van der Waals surface area contributed by atoms with Crippen molar-refractivity contribution >= 4 is 27.5 Å². The van der Waals surface area contributed by atoms with Crippen LogP contribution in [0.15, 0.2) is 28.7 Å². The maximum Gasteiger partial charge on any atom is 0.0829 e. The van der Waals surface area contributed by atoms with E-state index in [1.54, 1.807) is 0 Å². The van der Waals surface area contributed by atoms with E-state index in [-0.39, 0.29) is 6.04 Å². The van der Waals surface area contributed by atoms with Gasteiger partial charge in [-0.1, -0.05) is 53.3 Å². The third-order valence-electron chi connectivity index (χ3n) is 3.18. The molecule has 1 atom stereocenters. The number of halogens is 1. The van der Waals surface area contributed by atoms with E-state index in [1.807, 2.05) is 0 Å². The Hall–Kier alpha value is -0.780. The van der Waals surface area contributed by atoms with Crippen molar-refractivity contribution in [2.75, 3.05) is 6.54 Å². The van der Waals surface area contributed by atoms with Crippen molar-refractivity contribution in [3.8, 4) is 0 Å².